The Morgan fingerprint density at radius 1 is 1.28 bits per heavy atom. The number of nitrogens with zero attached hydrogens (tertiary/aromatic N) is 2. The summed E-state index contributed by atoms with van der Waals surface area (Å²) in [5.41, 5.74) is -0.843. The van der Waals surface area contributed by atoms with E-state index in [0.29, 0.717) is 24.9 Å². The molecule has 2 aliphatic heterocycles. The normalized spacial score (nSPS) is 24.3. The molecule has 1 saturated carbocycles. The Hall–Kier alpha value is -2.79. The second-order valence-corrected chi connectivity index (χ2v) is 8.36. The Kier molecular flexibility index (Phi) is 5.25. The van der Waals surface area contributed by atoms with Crippen LogP contribution >= 0.6 is 0 Å². The van der Waals surface area contributed by atoms with Gasteiger partial charge in [-0.2, -0.15) is 18.3 Å². The van der Waals surface area contributed by atoms with Gasteiger partial charge in [-0.05, 0) is 37.0 Å². The van der Waals surface area contributed by atoms with Gasteiger partial charge in [-0.25, -0.2) is 4.68 Å². The quantitative estimate of drug-likeness (QED) is 0.697. The highest BCUT2D eigenvalue weighted by Crippen LogP contribution is 2.38. The second-order valence-electron chi connectivity index (χ2n) is 8.36. The van der Waals surface area contributed by atoms with Crippen LogP contribution in [-0.2, 0) is 17.5 Å². The lowest BCUT2D eigenvalue weighted by Gasteiger charge is -2.31. The molecule has 1 amide bonds. The van der Waals surface area contributed by atoms with Crippen LogP contribution in [0, 0.1) is 5.92 Å². The third-order valence-electron chi connectivity index (χ3n) is 5.77. The molecule has 1 aromatic carbocycles. The van der Waals surface area contributed by atoms with Gasteiger partial charge in [0.25, 0.3) is 5.91 Å². The third kappa shape index (κ3) is 4.26. The molecule has 0 saturated heterocycles. The maximum absolute atomic E-state index is 13.0. The fraction of sp³-hybridized carbons (Fsp3) is 0.524. The number of halogens is 3. The number of hydrogen-bond donors (Lipinski definition) is 2. The molecular formula is C21H22F3N3O5. The molecule has 2 aromatic rings. The number of carbonyl (C=O) groups excluding carboxylic acids is 1. The van der Waals surface area contributed by atoms with E-state index < -0.39 is 29.8 Å². The van der Waals surface area contributed by atoms with E-state index in [2.05, 4.69) is 10.4 Å². The molecule has 0 radical (unpaired) electrons. The Balaban J connectivity index is 1.20. The van der Waals surface area contributed by atoms with Gasteiger partial charge >= 0.3 is 6.18 Å². The standard InChI is InChI=1S/C21H22F3N3O5/c22-21(23,24)12-3-4-17-14(5-12)19(28)16(10-31-17)25-20(29)15-6-18-27(26-15)7-13(32-18)9-30-8-11-1-2-11/h3-6,11,13,16,19,28H,1-2,7-10H2,(H,25,29)/t13-,16+,19?/m1/s1. The molecule has 1 fully saturated rings. The molecule has 3 aliphatic rings. The first-order valence-electron chi connectivity index (χ1n) is 10.4. The number of carbonyl (C=O) groups is 1. The summed E-state index contributed by atoms with van der Waals surface area (Å²) in [5, 5.41) is 17.4. The zero-order chi connectivity index (χ0) is 22.5. The first kappa shape index (κ1) is 21.1. The zero-order valence-electron chi connectivity index (χ0n) is 17.0. The van der Waals surface area contributed by atoms with E-state index >= 15 is 0 Å². The van der Waals surface area contributed by atoms with Crippen LogP contribution in [0.3, 0.4) is 0 Å². The second kappa shape index (κ2) is 7.96. The van der Waals surface area contributed by atoms with E-state index in [1.165, 1.54) is 25.0 Å². The first-order chi connectivity index (χ1) is 15.3. The molecule has 1 aliphatic carbocycles. The highest BCUT2D eigenvalue weighted by molar-refractivity contribution is 5.92. The van der Waals surface area contributed by atoms with E-state index in [1.54, 1.807) is 4.68 Å². The fourth-order valence-corrected chi connectivity index (χ4v) is 3.81. The van der Waals surface area contributed by atoms with Gasteiger partial charge in [-0.1, -0.05) is 0 Å². The smallest absolute Gasteiger partial charge is 0.416 e. The molecule has 2 N–H and O–H groups in total. The topological polar surface area (TPSA) is 94.8 Å². The van der Waals surface area contributed by atoms with E-state index in [-0.39, 0.29) is 29.7 Å². The number of ether oxygens (including phenoxy) is 3. The summed E-state index contributed by atoms with van der Waals surface area (Å²) in [6.45, 7) is 1.55. The Bertz CT molecular complexity index is 997. The molecule has 1 unspecified atom stereocenters. The van der Waals surface area contributed by atoms with Crippen LogP contribution < -0.4 is 14.8 Å². The van der Waals surface area contributed by atoms with Crippen LogP contribution in [0.1, 0.15) is 40.6 Å². The predicted octanol–water partition coefficient (Wildman–Crippen LogP) is 2.31. The van der Waals surface area contributed by atoms with Crippen molar-refractivity contribution >= 4 is 5.91 Å². The minimum absolute atomic E-state index is 0.0268. The molecule has 8 nitrogen and oxygen atoms in total. The number of fused-ring (bicyclic) bond motifs is 2. The minimum atomic E-state index is -4.55. The lowest BCUT2D eigenvalue weighted by molar-refractivity contribution is -0.137. The summed E-state index contributed by atoms with van der Waals surface area (Å²) in [6.07, 6.45) is -3.66. The van der Waals surface area contributed by atoms with Gasteiger partial charge in [0.1, 0.15) is 24.6 Å². The predicted molar refractivity (Wildman–Crippen MR) is 103 cm³/mol. The summed E-state index contributed by atoms with van der Waals surface area (Å²) >= 11 is 0. The van der Waals surface area contributed by atoms with Crippen molar-refractivity contribution in [2.75, 3.05) is 19.8 Å². The van der Waals surface area contributed by atoms with Crippen molar-refractivity contribution in [3.63, 3.8) is 0 Å². The molecule has 1 aromatic heterocycles. The van der Waals surface area contributed by atoms with Crippen LogP contribution in [0.15, 0.2) is 24.3 Å². The van der Waals surface area contributed by atoms with Gasteiger partial charge in [0.15, 0.2) is 5.69 Å². The lowest BCUT2D eigenvalue weighted by atomic mass is 9.97. The summed E-state index contributed by atoms with van der Waals surface area (Å²) in [6, 6.07) is 3.45. The highest BCUT2D eigenvalue weighted by atomic mass is 19.4. The summed E-state index contributed by atoms with van der Waals surface area (Å²) in [5.74, 6) is 0.672. The average molecular weight is 453 g/mol. The van der Waals surface area contributed by atoms with Gasteiger partial charge in [0.05, 0.1) is 24.8 Å². The van der Waals surface area contributed by atoms with Crippen molar-refractivity contribution in [3.05, 3.63) is 41.1 Å². The number of benzene rings is 1. The van der Waals surface area contributed by atoms with E-state index in [4.69, 9.17) is 14.2 Å². The van der Waals surface area contributed by atoms with E-state index in [0.717, 1.165) is 18.7 Å². The van der Waals surface area contributed by atoms with Crippen LogP contribution in [0.4, 0.5) is 13.2 Å². The largest absolute Gasteiger partial charge is 0.491 e. The van der Waals surface area contributed by atoms with Crippen molar-refractivity contribution in [3.8, 4) is 11.6 Å². The first-order valence-corrected chi connectivity index (χ1v) is 10.4. The lowest BCUT2D eigenvalue weighted by Crippen LogP contribution is -2.45. The van der Waals surface area contributed by atoms with Crippen LogP contribution in [-0.4, -0.2) is 52.8 Å². The number of aliphatic hydroxyl groups is 1. The highest BCUT2D eigenvalue weighted by Gasteiger charge is 2.36. The molecular weight excluding hydrogens is 431 g/mol. The summed E-state index contributed by atoms with van der Waals surface area (Å²) < 4.78 is 57.4. The summed E-state index contributed by atoms with van der Waals surface area (Å²) in [7, 11) is 0. The number of aliphatic hydroxyl groups excluding tert-OH is 1. The Labute approximate surface area is 181 Å². The third-order valence-corrected chi connectivity index (χ3v) is 5.77. The molecule has 0 bridgehead atoms. The number of nitrogens with one attached hydrogen (secondary N) is 1. The molecule has 3 atom stereocenters. The zero-order valence-corrected chi connectivity index (χ0v) is 17.0. The number of hydrogen-bond acceptors (Lipinski definition) is 6. The molecule has 5 rings (SSSR count). The number of aromatic nitrogens is 2. The van der Waals surface area contributed by atoms with Gasteiger partial charge in [0.2, 0.25) is 5.88 Å². The average Bonchev–Trinajstić information content (AvgIpc) is 3.36. The Morgan fingerprint density at radius 2 is 2.09 bits per heavy atom. The van der Waals surface area contributed by atoms with E-state index in [1.807, 2.05) is 0 Å². The SMILES string of the molecule is O=C(N[C@H]1COc2ccc(C(F)(F)F)cc2C1O)c1cc2n(n1)C[C@H](COCC1CC1)O2. The molecule has 11 heteroatoms. The fourth-order valence-electron chi connectivity index (χ4n) is 3.81. The molecule has 0 spiro atoms. The van der Waals surface area contributed by atoms with Gasteiger partial charge in [-0.15, -0.1) is 0 Å². The number of amides is 1. The van der Waals surface area contributed by atoms with E-state index in [9.17, 15) is 23.1 Å². The molecule has 32 heavy (non-hydrogen) atoms. The van der Waals surface area contributed by atoms with Crippen molar-refractivity contribution < 1.29 is 37.3 Å². The minimum Gasteiger partial charge on any atom is -0.491 e. The monoisotopic (exact) mass is 453 g/mol. The van der Waals surface area contributed by atoms with Crippen LogP contribution in [0.5, 0.6) is 11.6 Å². The molecule has 172 valence electrons. The number of alkyl halides is 3. The van der Waals surface area contributed by atoms with Gasteiger partial charge in [-0.3, -0.25) is 4.79 Å². The maximum atomic E-state index is 13.0. The van der Waals surface area contributed by atoms with Gasteiger partial charge < -0.3 is 24.6 Å². The van der Waals surface area contributed by atoms with Gasteiger partial charge in [0, 0.05) is 18.2 Å². The van der Waals surface area contributed by atoms with Crippen molar-refractivity contribution in [1.82, 2.24) is 15.1 Å². The van der Waals surface area contributed by atoms with Crippen molar-refractivity contribution in [1.29, 1.82) is 0 Å². The maximum Gasteiger partial charge on any atom is 0.416 e. The van der Waals surface area contributed by atoms with Crippen molar-refractivity contribution in [2.45, 2.75) is 43.8 Å². The number of rotatable bonds is 6. The van der Waals surface area contributed by atoms with Crippen LogP contribution in [0.2, 0.25) is 0 Å². The Morgan fingerprint density at radius 3 is 2.81 bits per heavy atom. The van der Waals surface area contributed by atoms with Crippen LogP contribution in [0.25, 0.3) is 0 Å². The molecule has 3 heterocycles. The van der Waals surface area contributed by atoms with Crippen molar-refractivity contribution in [2.24, 2.45) is 5.92 Å². The summed E-state index contributed by atoms with van der Waals surface area (Å²) in [4.78, 5) is 12.6.